The van der Waals surface area contributed by atoms with Crippen LogP contribution in [0.15, 0.2) is 115 Å². The van der Waals surface area contributed by atoms with Gasteiger partial charge in [-0.15, -0.1) is 0 Å². The van der Waals surface area contributed by atoms with Gasteiger partial charge in [0.1, 0.15) is 0 Å². The van der Waals surface area contributed by atoms with Gasteiger partial charge in [0.25, 0.3) is 0 Å². The third-order valence-corrected chi connectivity index (χ3v) is 9.30. The molecule has 8 rings (SSSR count). The summed E-state index contributed by atoms with van der Waals surface area (Å²) in [5.74, 6) is 0. The summed E-state index contributed by atoms with van der Waals surface area (Å²) in [4.78, 5) is 3.28. The maximum Gasteiger partial charge on any atom is 0.417 e. The normalized spacial score (nSPS) is 12.4. The van der Waals surface area contributed by atoms with Crippen LogP contribution in [-0.4, -0.2) is 9.13 Å². The largest absolute Gasteiger partial charge is 0.417 e. The highest BCUT2D eigenvalue weighted by Crippen LogP contribution is 2.50. The van der Waals surface area contributed by atoms with E-state index in [1.54, 1.807) is 10.6 Å². The highest BCUT2D eigenvalue weighted by molar-refractivity contribution is 6.12. The summed E-state index contributed by atoms with van der Waals surface area (Å²) >= 11 is 0. The molecule has 2 heterocycles. The smallest absolute Gasteiger partial charge is 0.307 e. The molecule has 6 aromatic carbocycles. The lowest BCUT2D eigenvalue weighted by atomic mass is 9.91. The number of hydrogen-bond donors (Lipinski definition) is 0. The summed E-state index contributed by atoms with van der Waals surface area (Å²) in [5.41, 5.74) is 0.162. The Morgan fingerprint density at radius 1 is 0.500 bits per heavy atom. The second-order valence-corrected chi connectivity index (χ2v) is 12.4. The van der Waals surface area contributed by atoms with Crippen LogP contribution in [0.5, 0.6) is 0 Å². The van der Waals surface area contributed by atoms with Crippen LogP contribution in [-0.2, 0) is 12.4 Å². The van der Waals surface area contributed by atoms with Gasteiger partial charge in [0.15, 0.2) is 5.69 Å². The van der Waals surface area contributed by atoms with Gasteiger partial charge in [-0.3, -0.25) is 0 Å². The third-order valence-electron chi connectivity index (χ3n) is 9.30. The van der Waals surface area contributed by atoms with Crippen LogP contribution in [0.2, 0.25) is 0 Å². The maximum atomic E-state index is 15.4. The zero-order valence-corrected chi connectivity index (χ0v) is 26.6. The molecule has 2 aromatic heterocycles. The lowest BCUT2D eigenvalue weighted by molar-refractivity contribution is -0.139. The van der Waals surface area contributed by atoms with Crippen molar-refractivity contribution in [2.45, 2.75) is 26.2 Å². The van der Waals surface area contributed by atoms with E-state index in [2.05, 4.69) is 4.85 Å². The molecule has 0 saturated heterocycles. The van der Waals surface area contributed by atoms with Crippen molar-refractivity contribution in [3.63, 3.8) is 0 Å². The predicted octanol–water partition coefficient (Wildman–Crippen LogP) is 12.8. The van der Waals surface area contributed by atoms with E-state index < -0.39 is 40.3 Å². The minimum absolute atomic E-state index is 0.119. The molecule has 0 bridgehead atoms. The van der Waals surface area contributed by atoms with E-state index in [-0.39, 0.29) is 11.4 Å². The molecule has 0 N–H and O–H groups in total. The highest BCUT2D eigenvalue weighted by atomic mass is 19.4. The van der Waals surface area contributed by atoms with Gasteiger partial charge in [0.05, 0.1) is 51.1 Å². The second kappa shape index (κ2) is 11.0. The maximum absolute atomic E-state index is 15.4. The van der Waals surface area contributed by atoms with Crippen molar-refractivity contribution in [2.75, 3.05) is 0 Å². The Kier molecular flexibility index (Phi) is 6.88. The van der Waals surface area contributed by atoms with Crippen LogP contribution < -0.4 is 0 Å². The number of halogens is 6. The van der Waals surface area contributed by atoms with E-state index in [0.717, 1.165) is 56.9 Å². The zero-order valence-electron chi connectivity index (χ0n) is 26.6. The number of rotatable bonds is 3. The molecule has 0 atom stereocenters. The average Bonchev–Trinajstić information content (AvgIpc) is 3.58. The minimum Gasteiger partial charge on any atom is -0.307 e. The second-order valence-electron chi connectivity index (χ2n) is 12.4. The summed E-state index contributed by atoms with van der Waals surface area (Å²) < 4.78 is 93.4. The van der Waals surface area contributed by atoms with E-state index >= 15 is 13.2 Å². The first-order valence-electron chi connectivity index (χ1n) is 15.7. The van der Waals surface area contributed by atoms with E-state index in [9.17, 15) is 13.2 Å². The minimum atomic E-state index is -5.09. The van der Waals surface area contributed by atoms with Crippen LogP contribution in [0.3, 0.4) is 0 Å². The average molecular weight is 674 g/mol. The fraction of sp³-hybridized carbons (Fsp3) is 0.0976. The van der Waals surface area contributed by atoms with Crippen LogP contribution in [0, 0.1) is 20.4 Å². The molecule has 0 aliphatic carbocycles. The number of aromatic nitrogens is 2. The topological polar surface area (TPSA) is 14.2 Å². The quantitative estimate of drug-likeness (QED) is 0.131. The Hall–Kier alpha value is -6.01. The van der Waals surface area contributed by atoms with E-state index in [1.165, 1.54) is 6.07 Å². The molecule has 3 nitrogen and oxygen atoms in total. The standard InChI is InChI=1S/C41H25F6N3/c1-23-15-17-35-27(19-23)25-9-4-6-13-33(25)49(35)37-21-29(39-30(40(42,43)44)11-8-12-32(39)48-3)31(41(45,46)47)22-38(37)50-34-14-7-5-10-26(34)28-20-24(2)16-18-36(28)50/h4-22H,1-2H3. The summed E-state index contributed by atoms with van der Waals surface area (Å²) in [5, 5.41) is 3.29. The molecular weight excluding hydrogens is 648 g/mol. The first-order chi connectivity index (χ1) is 23.9. The Morgan fingerprint density at radius 3 is 1.48 bits per heavy atom. The van der Waals surface area contributed by atoms with E-state index in [1.807, 2.05) is 97.3 Å². The molecule has 0 saturated carbocycles. The summed E-state index contributed by atoms with van der Waals surface area (Å²) in [6.45, 7) is 11.6. The van der Waals surface area contributed by atoms with Crippen LogP contribution >= 0.6 is 0 Å². The van der Waals surface area contributed by atoms with Crippen molar-refractivity contribution < 1.29 is 26.3 Å². The number of nitrogens with zero attached hydrogens (tertiary/aromatic N) is 3. The lowest BCUT2D eigenvalue weighted by Gasteiger charge is -2.24. The molecule has 0 aliphatic heterocycles. The number of hydrogen-bond acceptors (Lipinski definition) is 0. The number of aryl methyl sites for hydroxylation is 2. The first kappa shape index (κ1) is 31.3. The number of benzene rings is 6. The number of alkyl halides is 6. The van der Waals surface area contributed by atoms with Crippen molar-refractivity contribution in [3.05, 3.63) is 149 Å². The Labute approximate surface area is 282 Å². The molecular formula is C41H25F6N3. The summed E-state index contributed by atoms with van der Waals surface area (Å²) in [6, 6.07) is 31.2. The van der Waals surface area contributed by atoms with Gasteiger partial charge in [0, 0.05) is 27.1 Å². The van der Waals surface area contributed by atoms with E-state index in [0.29, 0.717) is 22.1 Å². The molecule has 50 heavy (non-hydrogen) atoms. The van der Waals surface area contributed by atoms with Gasteiger partial charge in [-0.2, -0.15) is 26.3 Å². The SMILES string of the molecule is [C-]#[N+]c1cccc(C(F)(F)F)c1-c1cc(-n2c3ccccc3c3cc(C)ccc32)c(-n2c3ccccc3c3cc(C)ccc32)cc1C(F)(F)F. The van der Waals surface area contributed by atoms with Crippen molar-refractivity contribution in [1.82, 2.24) is 9.13 Å². The fourth-order valence-corrected chi connectivity index (χ4v) is 7.22. The van der Waals surface area contributed by atoms with Crippen molar-refractivity contribution in [1.29, 1.82) is 0 Å². The molecule has 0 radical (unpaired) electrons. The Balaban J connectivity index is 1.64. The zero-order chi connectivity index (χ0) is 35.1. The highest BCUT2D eigenvalue weighted by Gasteiger charge is 2.40. The summed E-state index contributed by atoms with van der Waals surface area (Å²) in [7, 11) is 0. The van der Waals surface area contributed by atoms with Gasteiger partial charge in [-0.25, -0.2) is 4.85 Å². The molecule has 8 aromatic rings. The summed E-state index contributed by atoms with van der Waals surface area (Å²) in [6.07, 6.45) is -10.1. The molecule has 0 aliphatic rings. The monoisotopic (exact) mass is 673 g/mol. The molecule has 0 amide bonds. The van der Waals surface area contributed by atoms with Gasteiger partial charge in [-0.1, -0.05) is 77.9 Å². The van der Waals surface area contributed by atoms with Crippen molar-refractivity contribution >= 4 is 49.3 Å². The van der Waals surface area contributed by atoms with Crippen molar-refractivity contribution in [3.8, 4) is 22.5 Å². The van der Waals surface area contributed by atoms with E-state index in [4.69, 9.17) is 6.57 Å². The number of fused-ring (bicyclic) bond motifs is 6. The van der Waals surface area contributed by atoms with Gasteiger partial charge < -0.3 is 9.13 Å². The fourth-order valence-electron chi connectivity index (χ4n) is 7.22. The van der Waals surface area contributed by atoms with Gasteiger partial charge in [-0.05, 0) is 67.9 Å². The molecule has 246 valence electrons. The first-order valence-corrected chi connectivity index (χ1v) is 15.7. The predicted molar refractivity (Wildman–Crippen MR) is 186 cm³/mol. The lowest BCUT2D eigenvalue weighted by Crippen LogP contribution is -2.14. The van der Waals surface area contributed by atoms with Crippen LogP contribution in [0.4, 0.5) is 32.0 Å². The Morgan fingerprint density at radius 2 is 0.980 bits per heavy atom. The molecule has 0 fully saturated rings. The van der Waals surface area contributed by atoms with Gasteiger partial charge >= 0.3 is 12.4 Å². The third kappa shape index (κ3) is 4.74. The van der Waals surface area contributed by atoms with Crippen LogP contribution in [0.25, 0.3) is 71.0 Å². The molecule has 0 spiro atoms. The van der Waals surface area contributed by atoms with Gasteiger partial charge in [0.2, 0.25) is 0 Å². The van der Waals surface area contributed by atoms with Crippen LogP contribution in [0.1, 0.15) is 22.3 Å². The van der Waals surface area contributed by atoms with Crippen molar-refractivity contribution in [2.24, 2.45) is 0 Å². The number of para-hydroxylation sites is 2. The Bertz CT molecular complexity index is 2720. The molecule has 9 heteroatoms. The molecule has 0 unspecified atom stereocenters.